The zero-order chi connectivity index (χ0) is 19.2. The average molecular weight is 370 g/mol. The van der Waals surface area contributed by atoms with Gasteiger partial charge in [0.15, 0.2) is 5.82 Å². The van der Waals surface area contributed by atoms with Crippen molar-refractivity contribution in [3.63, 3.8) is 0 Å². The van der Waals surface area contributed by atoms with Gasteiger partial charge in [-0.2, -0.15) is 0 Å². The molecule has 0 saturated carbocycles. The third-order valence-corrected chi connectivity index (χ3v) is 4.13. The Labute approximate surface area is 162 Å². The molecule has 0 aliphatic carbocycles. The van der Waals surface area contributed by atoms with Crippen molar-refractivity contribution < 1.29 is 9.21 Å². The van der Waals surface area contributed by atoms with Crippen LogP contribution in [0.4, 0.5) is 11.5 Å². The minimum Gasteiger partial charge on any atom is -0.467 e. The molecule has 4 aromatic rings. The number of aromatic nitrogens is 2. The second kappa shape index (κ2) is 8.18. The summed E-state index contributed by atoms with van der Waals surface area (Å²) >= 11 is 0. The molecule has 2 aromatic carbocycles. The maximum atomic E-state index is 12.3. The third kappa shape index (κ3) is 4.24. The van der Waals surface area contributed by atoms with Gasteiger partial charge in [0, 0.05) is 16.8 Å². The molecule has 1 amide bonds. The fraction of sp³-hybridized carbons (Fsp3) is 0.0455. The smallest absolute Gasteiger partial charge is 0.251 e. The lowest BCUT2D eigenvalue weighted by Crippen LogP contribution is -2.22. The Balaban J connectivity index is 1.42. The quantitative estimate of drug-likeness (QED) is 0.525. The highest BCUT2D eigenvalue weighted by Gasteiger charge is 2.08. The summed E-state index contributed by atoms with van der Waals surface area (Å²) in [4.78, 5) is 12.3. The van der Waals surface area contributed by atoms with Crippen molar-refractivity contribution >= 4 is 17.4 Å². The maximum absolute atomic E-state index is 12.3. The zero-order valence-corrected chi connectivity index (χ0v) is 15.0. The van der Waals surface area contributed by atoms with Gasteiger partial charge in [0.1, 0.15) is 5.76 Å². The van der Waals surface area contributed by atoms with Crippen LogP contribution in [-0.2, 0) is 6.54 Å². The first kappa shape index (κ1) is 17.5. The Morgan fingerprint density at radius 2 is 1.79 bits per heavy atom. The molecule has 0 radical (unpaired) electrons. The molecule has 0 atom stereocenters. The van der Waals surface area contributed by atoms with Crippen molar-refractivity contribution in [2.24, 2.45) is 0 Å². The van der Waals surface area contributed by atoms with E-state index in [4.69, 9.17) is 4.42 Å². The zero-order valence-electron chi connectivity index (χ0n) is 15.0. The molecule has 0 bridgehead atoms. The van der Waals surface area contributed by atoms with E-state index < -0.39 is 0 Å². The van der Waals surface area contributed by atoms with Crippen LogP contribution in [0.3, 0.4) is 0 Å². The molecule has 6 nitrogen and oxygen atoms in total. The van der Waals surface area contributed by atoms with E-state index in [1.807, 2.05) is 60.7 Å². The summed E-state index contributed by atoms with van der Waals surface area (Å²) in [6.07, 6.45) is 1.58. The van der Waals surface area contributed by atoms with Gasteiger partial charge in [-0.1, -0.05) is 36.4 Å². The van der Waals surface area contributed by atoms with Gasteiger partial charge in [-0.15, -0.1) is 10.2 Å². The number of hydrogen-bond donors (Lipinski definition) is 2. The van der Waals surface area contributed by atoms with E-state index in [9.17, 15) is 4.79 Å². The molecule has 0 aliphatic heterocycles. The van der Waals surface area contributed by atoms with Gasteiger partial charge in [0.05, 0.1) is 18.5 Å². The highest BCUT2D eigenvalue weighted by atomic mass is 16.3. The van der Waals surface area contributed by atoms with E-state index in [1.54, 1.807) is 24.5 Å². The second-order valence-corrected chi connectivity index (χ2v) is 6.14. The van der Waals surface area contributed by atoms with E-state index in [0.717, 1.165) is 16.9 Å². The first-order chi connectivity index (χ1) is 13.8. The topological polar surface area (TPSA) is 80.0 Å². The monoisotopic (exact) mass is 370 g/mol. The lowest BCUT2D eigenvalue weighted by atomic mass is 10.1. The van der Waals surface area contributed by atoms with Crippen LogP contribution in [0.25, 0.3) is 11.3 Å². The van der Waals surface area contributed by atoms with Crippen LogP contribution in [0.1, 0.15) is 16.1 Å². The standard InChI is InChI=1S/C22H18N4O2/c27-22(23-15-19-10-5-13-28-19)17-8-4-9-18(14-17)24-21-12-11-20(25-26-21)16-6-2-1-3-7-16/h1-14H,15H2,(H,23,27)(H,24,26). The van der Waals surface area contributed by atoms with Crippen molar-refractivity contribution in [3.05, 3.63) is 96.4 Å². The Kier molecular flexibility index (Phi) is 5.11. The molecule has 0 aliphatic rings. The number of anilines is 2. The minimum absolute atomic E-state index is 0.175. The lowest BCUT2D eigenvalue weighted by Gasteiger charge is -2.08. The summed E-state index contributed by atoms with van der Waals surface area (Å²) in [5.41, 5.74) is 3.12. The van der Waals surface area contributed by atoms with Crippen LogP contribution in [0.2, 0.25) is 0 Å². The van der Waals surface area contributed by atoms with Crippen molar-refractivity contribution in [2.75, 3.05) is 5.32 Å². The van der Waals surface area contributed by atoms with E-state index in [1.165, 1.54) is 0 Å². The van der Waals surface area contributed by atoms with Crippen LogP contribution in [0.5, 0.6) is 0 Å². The number of furan rings is 1. The van der Waals surface area contributed by atoms with Gasteiger partial charge in [-0.05, 0) is 42.5 Å². The normalized spacial score (nSPS) is 10.4. The maximum Gasteiger partial charge on any atom is 0.251 e. The van der Waals surface area contributed by atoms with Crippen molar-refractivity contribution in [1.29, 1.82) is 0 Å². The largest absolute Gasteiger partial charge is 0.467 e. The summed E-state index contributed by atoms with van der Waals surface area (Å²) in [5.74, 6) is 1.13. The molecule has 28 heavy (non-hydrogen) atoms. The number of carbonyl (C=O) groups is 1. The molecule has 2 heterocycles. The Morgan fingerprint density at radius 1 is 0.893 bits per heavy atom. The first-order valence-corrected chi connectivity index (χ1v) is 8.85. The average Bonchev–Trinajstić information content (AvgIpc) is 3.27. The van der Waals surface area contributed by atoms with Gasteiger partial charge in [0.2, 0.25) is 0 Å². The number of benzene rings is 2. The fourth-order valence-corrected chi connectivity index (χ4v) is 2.73. The summed E-state index contributed by atoms with van der Waals surface area (Å²) in [6.45, 7) is 0.343. The highest BCUT2D eigenvalue weighted by molar-refractivity contribution is 5.95. The predicted molar refractivity (Wildman–Crippen MR) is 107 cm³/mol. The van der Waals surface area contributed by atoms with Crippen LogP contribution in [0.15, 0.2) is 89.5 Å². The van der Waals surface area contributed by atoms with Gasteiger partial charge in [-0.25, -0.2) is 0 Å². The van der Waals surface area contributed by atoms with Gasteiger partial charge in [0.25, 0.3) is 5.91 Å². The first-order valence-electron chi connectivity index (χ1n) is 8.85. The van der Waals surface area contributed by atoms with Gasteiger partial charge < -0.3 is 15.1 Å². The molecule has 0 spiro atoms. The Hall–Kier alpha value is -3.93. The summed E-state index contributed by atoms with van der Waals surface area (Å²) < 4.78 is 5.22. The van der Waals surface area contributed by atoms with E-state index >= 15 is 0 Å². The lowest BCUT2D eigenvalue weighted by molar-refractivity contribution is 0.0948. The van der Waals surface area contributed by atoms with Gasteiger partial charge in [-0.3, -0.25) is 4.79 Å². The number of rotatable bonds is 6. The fourth-order valence-electron chi connectivity index (χ4n) is 2.73. The number of carbonyl (C=O) groups excluding carboxylic acids is 1. The van der Waals surface area contributed by atoms with E-state index in [-0.39, 0.29) is 5.91 Å². The number of hydrogen-bond acceptors (Lipinski definition) is 5. The number of nitrogens with zero attached hydrogens (tertiary/aromatic N) is 2. The minimum atomic E-state index is -0.175. The SMILES string of the molecule is O=C(NCc1ccco1)c1cccc(Nc2ccc(-c3ccccc3)nn2)c1. The second-order valence-electron chi connectivity index (χ2n) is 6.14. The van der Waals surface area contributed by atoms with Crippen molar-refractivity contribution in [1.82, 2.24) is 15.5 Å². The van der Waals surface area contributed by atoms with E-state index in [2.05, 4.69) is 20.8 Å². The number of nitrogens with one attached hydrogen (secondary N) is 2. The molecule has 0 saturated heterocycles. The van der Waals surface area contributed by atoms with E-state index in [0.29, 0.717) is 23.7 Å². The molecule has 6 heteroatoms. The highest BCUT2D eigenvalue weighted by Crippen LogP contribution is 2.19. The third-order valence-electron chi connectivity index (χ3n) is 4.13. The van der Waals surface area contributed by atoms with Crippen LogP contribution in [-0.4, -0.2) is 16.1 Å². The molecular weight excluding hydrogens is 352 g/mol. The molecular formula is C22H18N4O2. The van der Waals surface area contributed by atoms with Crippen LogP contribution >= 0.6 is 0 Å². The molecule has 138 valence electrons. The van der Waals surface area contributed by atoms with Crippen molar-refractivity contribution in [3.8, 4) is 11.3 Å². The summed E-state index contributed by atoms with van der Waals surface area (Å²) in [5, 5.41) is 14.5. The molecule has 0 unspecified atom stereocenters. The van der Waals surface area contributed by atoms with Crippen LogP contribution < -0.4 is 10.6 Å². The predicted octanol–water partition coefficient (Wildman–Crippen LogP) is 4.41. The van der Waals surface area contributed by atoms with Crippen LogP contribution in [0, 0.1) is 0 Å². The summed E-state index contributed by atoms with van der Waals surface area (Å²) in [7, 11) is 0. The molecule has 2 N–H and O–H groups in total. The molecule has 2 aromatic heterocycles. The molecule has 0 fully saturated rings. The Bertz CT molecular complexity index is 1050. The Morgan fingerprint density at radius 3 is 2.54 bits per heavy atom. The molecule has 4 rings (SSSR count). The van der Waals surface area contributed by atoms with Crippen molar-refractivity contribution in [2.45, 2.75) is 6.54 Å². The number of amides is 1. The van der Waals surface area contributed by atoms with Gasteiger partial charge >= 0.3 is 0 Å². The summed E-state index contributed by atoms with van der Waals surface area (Å²) in [6, 6.07) is 24.4.